The molecular weight excluding hydrogens is 321 g/mol. The van der Waals surface area contributed by atoms with Crippen LogP contribution in [0.5, 0.6) is 0 Å². The highest BCUT2D eigenvalue weighted by atomic mass is 19.4. The van der Waals surface area contributed by atoms with Crippen LogP contribution in [-0.4, -0.2) is 30.0 Å². The molecule has 0 radical (unpaired) electrons. The fourth-order valence-corrected chi connectivity index (χ4v) is 2.33. The Labute approximate surface area is 136 Å². The largest absolute Gasteiger partial charge is 0.435 e. The van der Waals surface area contributed by atoms with E-state index in [1.54, 1.807) is 30.3 Å². The van der Waals surface area contributed by atoms with E-state index >= 15 is 0 Å². The third-order valence-electron chi connectivity index (χ3n) is 3.63. The van der Waals surface area contributed by atoms with Crippen LogP contribution in [0.2, 0.25) is 0 Å². The van der Waals surface area contributed by atoms with Crippen molar-refractivity contribution in [2.75, 3.05) is 23.7 Å². The van der Waals surface area contributed by atoms with Crippen molar-refractivity contribution in [1.82, 2.24) is 10.3 Å². The predicted octanol–water partition coefficient (Wildman–Crippen LogP) is 2.74. The van der Waals surface area contributed by atoms with Gasteiger partial charge in [-0.3, -0.25) is 4.79 Å². The molecule has 1 aromatic carbocycles. The van der Waals surface area contributed by atoms with Crippen molar-refractivity contribution in [3.05, 3.63) is 53.9 Å². The number of para-hydroxylation sites is 1. The van der Waals surface area contributed by atoms with Crippen molar-refractivity contribution in [1.29, 1.82) is 0 Å². The molecule has 1 aromatic heterocycles. The first-order chi connectivity index (χ1) is 11.4. The summed E-state index contributed by atoms with van der Waals surface area (Å²) in [5.41, 5.74) is -0.961. The van der Waals surface area contributed by atoms with Gasteiger partial charge in [0.25, 0.3) is 5.91 Å². The second-order valence-electron chi connectivity index (χ2n) is 5.40. The zero-order chi connectivity index (χ0) is 17.2. The van der Waals surface area contributed by atoms with Gasteiger partial charge < -0.3 is 16.0 Å². The Bertz CT molecular complexity index is 730. The number of rotatable bonds is 4. The molecule has 5 nitrogen and oxygen atoms in total. The molecule has 0 spiro atoms. The molecule has 0 unspecified atom stereocenters. The lowest BCUT2D eigenvalue weighted by atomic mass is 10.1. The molecule has 2 aromatic rings. The van der Waals surface area contributed by atoms with E-state index in [4.69, 9.17) is 0 Å². The summed E-state index contributed by atoms with van der Waals surface area (Å²) in [7, 11) is 0. The summed E-state index contributed by atoms with van der Waals surface area (Å²) in [5.74, 6) is -0.621. The summed E-state index contributed by atoms with van der Waals surface area (Å²) in [4.78, 5) is 15.9. The minimum Gasteiger partial charge on any atom is -0.377 e. The Morgan fingerprint density at radius 1 is 1.17 bits per heavy atom. The van der Waals surface area contributed by atoms with Crippen LogP contribution in [0.25, 0.3) is 0 Å². The summed E-state index contributed by atoms with van der Waals surface area (Å²) >= 11 is 0. The number of alkyl halides is 3. The summed E-state index contributed by atoms with van der Waals surface area (Å²) < 4.78 is 39.7. The lowest BCUT2D eigenvalue weighted by molar-refractivity contribution is -0.140. The molecule has 1 fully saturated rings. The molecule has 126 valence electrons. The maximum Gasteiger partial charge on any atom is 0.435 e. The van der Waals surface area contributed by atoms with Gasteiger partial charge in [0.2, 0.25) is 0 Å². The highest BCUT2D eigenvalue weighted by Gasteiger charge is 2.38. The lowest BCUT2D eigenvalue weighted by Gasteiger charge is -2.30. The molecule has 3 rings (SSSR count). The van der Waals surface area contributed by atoms with Crippen molar-refractivity contribution < 1.29 is 18.0 Å². The van der Waals surface area contributed by atoms with Crippen LogP contribution >= 0.6 is 0 Å². The molecular formula is C16H15F3N4O. The van der Waals surface area contributed by atoms with Crippen LogP contribution in [0.15, 0.2) is 42.6 Å². The average molecular weight is 336 g/mol. The zero-order valence-corrected chi connectivity index (χ0v) is 12.5. The molecule has 0 aliphatic carbocycles. The van der Waals surface area contributed by atoms with E-state index in [2.05, 4.69) is 20.9 Å². The second-order valence-corrected chi connectivity index (χ2v) is 5.40. The molecule has 8 heteroatoms. The first-order valence-corrected chi connectivity index (χ1v) is 7.35. The highest BCUT2D eigenvalue weighted by Crippen LogP contribution is 2.35. The number of nitrogens with zero attached hydrogens (tertiary/aromatic N) is 1. The van der Waals surface area contributed by atoms with E-state index in [0.29, 0.717) is 18.8 Å². The maximum absolute atomic E-state index is 13.2. The third-order valence-corrected chi connectivity index (χ3v) is 3.63. The minimum atomic E-state index is -4.65. The molecule has 1 aliphatic heterocycles. The van der Waals surface area contributed by atoms with Gasteiger partial charge in [-0.1, -0.05) is 18.2 Å². The zero-order valence-electron chi connectivity index (χ0n) is 12.5. The Morgan fingerprint density at radius 2 is 1.88 bits per heavy atom. The van der Waals surface area contributed by atoms with Crippen molar-refractivity contribution in [2.24, 2.45) is 0 Å². The molecule has 24 heavy (non-hydrogen) atoms. The van der Waals surface area contributed by atoms with Gasteiger partial charge >= 0.3 is 6.18 Å². The number of amides is 1. The standard InChI is InChI=1S/C16H15F3N4O/c17-16(18,19)14-13(22-11-8-20-9-11)12(6-7-21-14)15(24)23-10-4-2-1-3-5-10/h1-7,11,20,22H,8-9H2,(H,23,24). The number of hydrogen-bond acceptors (Lipinski definition) is 4. The van der Waals surface area contributed by atoms with E-state index in [0.717, 1.165) is 6.20 Å². The van der Waals surface area contributed by atoms with Crippen LogP contribution in [0.4, 0.5) is 24.5 Å². The molecule has 3 N–H and O–H groups in total. The molecule has 0 atom stereocenters. The van der Waals surface area contributed by atoms with Crippen LogP contribution in [0, 0.1) is 0 Å². The summed E-state index contributed by atoms with van der Waals surface area (Å²) in [6.45, 7) is 1.07. The van der Waals surface area contributed by atoms with Crippen LogP contribution in [0.3, 0.4) is 0 Å². The van der Waals surface area contributed by atoms with Crippen LogP contribution < -0.4 is 16.0 Å². The second kappa shape index (κ2) is 6.48. The number of aromatic nitrogens is 1. The van der Waals surface area contributed by atoms with Gasteiger partial charge in [-0.15, -0.1) is 0 Å². The highest BCUT2D eigenvalue weighted by molar-refractivity contribution is 6.08. The Balaban J connectivity index is 1.94. The summed E-state index contributed by atoms with van der Waals surface area (Å²) in [6, 6.07) is 9.66. The smallest absolute Gasteiger partial charge is 0.377 e. The van der Waals surface area contributed by atoms with Gasteiger partial charge in [0.05, 0.1) is 17.3 Å². The quantitative estimate of drug-likeness (QED) is 0.803. The van der Waals surface area contributed by atoms with Gasteiger partial charge in [0, 0.05) is 25.0 Å². The van der Waals surface area contributed by atoms with Gasteiger partial charge in [-0.25, -0.2) is 4.98 Å². The fraction of sp³-hybridized carbons (Fsp3) is 0.250. The molecule has 1 aliphatic rings. The number of anilines is 2. The molecule has 1 amide bonds. The van der Waals surface area contributed by atoms with Gasteiger partial charge in [-0.05, 0) is 18.2 Å². The molecule has 0 saturated carbocycles. The number of halogens is 3. The van der Waals surface area contributed by atoms with Crippen molar-refractivity contribution >= 4 is 17.3 Å². The van der Waals surface area contributed by atoms with E-state index in [1.807, 2.05) is 0 Å². The van der Waals surface area contributed by atoms with E-state index in [-0.39, 0.29) is 17.3 Å². The SMILES string of the molecule is O=C(Nc1ccccc1)c1ccnc(C(F)(F)F)c1NC1CNC1. The number of hydrogen-bond donors (Lipinski definition) is 3. The van der Waals surface area contributed by atoms with Gasteiger partial charge in [0.15, 0.2) is 5.69 Å². The minimum absolute atomic E-state index is 0.0897. The first kappa shape index (κ1) is 16.3. The Morgan fingerprint density at radius 3 is 2.46 bits per heavy atom. The van der Waals surface area contributed by atoms with Gasteiger partial charge in [0.1, 0.15) is 0 Å². The number of pyridine rings is 1. The normalized spacial score (nSPS) is 14.8. The number of nitrogens with one attached hydrogen (secondary N) is 3. The monoisotopic (exact) mass is 336 g/mol. The first-order valence-electron chi connectivity index (χ1n) is 7.35. The third kappa shape index (κ3) is 3.48. The number of benzene rings is 1. The van der Waals surface area contributed by atoms with Crippen molar-refractivity contribution in [3.8, 4) is 0 Å². The van der Waals surface area contributed by atoms with Crippen LogP contribution in [-0.2, 0) is 6.18 Å². The van der Waals surface area contributed by atoms with Crippen molar-refractivity contribution in [2.45, 2.75) is 12.2 Å². The van der Waals surface area contributed by atoms with Crippen LogP contribution in [0.1, 0.15) is 16.1 Å². The molecule has 2 heterocycles. The molecule has 1 saturated heterocycles. The summed E-state index contributed by atoms with van der Waals surface area (Å²) in [5, 5.41) is 8.34. The Hall–Kier alpha value is -2.61. The van der Waals surface area contributed by atoms with E-state index in [9.17, 15) is 18.0 Å². The van der Waals surface area contributed by atoms with Crippen molar-refractivity contribution in [3.63, 3.8) is 0 Å². The summed E-state index contributed by atoms with van der Waals surface area (Å²) in [6.07, 6.45) is -3.66. The predicted molar refractivity (Wildman–Crippen MR) is 83.9 cm³/mol. The average Bonchev–Trinajstić information content (AvgIpc) is 2.50. The topological polar surface area (TPSA) is 66.0 Å². The Kier molecular flexibility index (Phi) is 4.39. The fourth-order valence-electron chi connectivity index (χ4n) is 2.33. The van der Waals surface area contributed by atoms with E-state index < -0.39 is 17.8 Å². The molecule has 0 bridgehead atoms. The maximum atomic E-state index is 13.2. The number of carbonyl (C=O) groups excluding carboxylic acids is 1. The lowest BCUT2D eigenvalue weighted by Crippen LogP contribution is -2.52. The van der Waals surface area contributed by atoms with E-state index in [1.165, 1.54) is 6.07 Å². The number of carbonyl (C=O) groups is 1. The van der Waals surface area contributed by atoms with Gasteiger partial charge in [-0.2, -0.15) is 13.2 Å².